The minimum Gasteiger partial charge on any atom is -0.497 e. The van der Waals surface area contributed by atoms with E-state index in [1.807, 2.05) is 6.07 Å². The number of hydrogen-bond acceptors (Lipinski definition) is 7. The lowest BCUT2D eigenvalue weighted by molar-refractivity contribution is 0.102. The highest BCUT2D eigenvalue weighted by Crippen LogP contribution is 2.20. The fraction of sp³-hybridized carbons (Fsp3) is 0.333. The number of ketones is 1. The molecule has 1 heterocycles. The molecule has 0 spiro atoms. The van der Waals surface area contributed by atoms with Crippen molar-refractivity contribution in [2.24, 2.45) is 0 Å². The molecule has 0 saturated heterocycles. The van der Waals surface area contributed by atoms with Crippen LogP contribution in [0.2, 0.25) is 0 Å². The Kier molecular flexibility index (Phi) is 9.04. The van der Waals surface area contributed by atoms with Crippen LogP contribution in [0.1, 0.15) is 64.5 Å². The molecule has 0 aliphatic carbocycles. The van der Waals surface area contributed by atoms with Crippen LogP contribution in [0.15, 0.2) is 52.1 Å². The van der Waals surface area contributed by atoms with E-state index in [1.165, 1.54) is 6.07 Å². The highest BCUT2D eigenvalue weighted by atomic mass is 32.2. The number of nitriles is 1. The van der Waals surface area contributed by atoms with Crippen molar-refractivity contribution in [1.82, 2.24) is 14.3 Å². The molecule has 11 heteroatoms. The van der Waals surface area contributed by atoms with E-state index in [0.29, 0.717) is 11.3 Å². The van der Waals surface area contributed by atoms with Crippen molar-refractivity contribution in [3.8, 4) is 11.8 Å². The first-order valence-electron chi connectivity index (χ1n) is 12.0. The van der Waals surface area contributed by atoms with Crippen molar-refractivity contribution < 1.29 is 17.9 Å². The average molecular weight is 539 g/mol. The van der Waals surface area contributed by atoms with Gasteiger partial charge < -0.3 is 4.74 Å². The molecule has 200 valence electrons. The molecule has 0 amide bonds. The van der Waals surface area contributed by atoms with Crippen LogP contribution < -0.4 is 20.7 Å². The highest BCUT2D eigenvalue weighted by molar-refractivity contribution is 7.89. The van der Waals surface area contributed by atoms with Gasteiger partial charge in [-0.1, -0.05) is 26.0 Å². The third kappa shape index (κ3) is 6.85. The van der Waals surface area contributed by atoms with Crippen molar-refractivity contribution in [3.63, 3.8) is 0 Å². The summed E-state index contributed by atoms with van der Waals surface area (Å²) in [4.78, 5) is 41.4. The van der Waals surface area contributed by atoms with E-state index < -0.39 is 33.0 Å². The van der Waals surface area contributed by atoms with Gasteiger partial charge in [0.25, 0.3) is 5.56 Å². The molecule has 0 radical (unpaired) electrons. The number of ether oxygens (including phenoxy) is 1. The van der Waals surface area contributed by atoms with Crippen LogP contribution in [0.25, 0.3) is 0 Å². The number of sulfonamides is 1. The van der Waals surface area contributed by atoms with Crippen LogP contribution in [0.5, 0.6) is 5.75 Å². The Balaban J connectivity index is 1.87. The Morgan fingerprint density at radius 3 is 2.45 bits per heavy atom. The third-order valence-corrected chi connectivity index (χ3v) is 7.36. The fourth-order valence-electron chi connectivity index (χ4n) is 4.12. The minimum atomic E-state index is -3.70. The Labute approximate surface area is 221 Å². The van der Waals surface area contributed by atoms with E-state index in [-0.39, 0.29) is 47.6 Å². The second kappa shape index (κ2) is 12.0. The lowest BCUT2D eigenvalue weighted by Crippen LogP contribution is -2.38. The molecule has 38 heavy (non-hydrogen) atoms. The molecule has 0 fully saturated rings. The van der Waals surface area contributed by atoms with E-state index in [9.17, 15) is 28.1 Å². The molecule has 0 bridgehead atoms. The predicted molar refractivity (Wildman–Crippen MR) is 143 cm³/mol. The highest BCUT2D eigenvalue weighted by Gasteiger charge is 2.25. The summed E-state index contributed by atoms with van der Waals surface area (Å²) in [5.74, 6) is -0.636. The second-order valence-corrected chi connectivity index (χ2v) is 11.1. The van der Waals surface area contributed by atoms with E-state index >= 15 is 0 Å². The van der Waals surface area contributed by atoms with Gasteiger partial charge in [0.15, 0.2) is 0 Å². The lowest BCUT2D eigenvalue weighted by Gasteiger charge is -2.18. The number of carbonyl (C=O) groups excluding carboxylic acids is 1. The molecule has 10 nitrogen and oxygen atoms in total. The van der Waals surface area contributed by atoms with Crippen molar-refractivity contribution in [2.75, 3.05) is 12.9 Å². The van der Waals surface area contributed by atoms with E-state index in [0.717, 1.165) is 10.1 Å². The summed E-state index contributed by atoms with van der Waals surface area (Å²) in [6, 6.07) is 13.6. The summed E-state index contributed by atoms with van der Waals surface area (Å²) in [6.45, 7) is 5.15. The molecule has 0 aliphatic rings. The molecule has 0 unspecified atom stereocenters. The van der Waals surface area contributed by atoms with Crippen LogP contribution >= 0.6 is 0 Å². The number of H-pyrrole nitrogens is 1. The number of hydrogen-bond donors (Lipinski definition) is 2. The summed E-state index contributed by atoms with van der Waals surface area (Å²) < 4.78 is 33.9. The molecule has 2 N–H and O–H groups in total. The van der Waals surface area contributed by atoms with Crippen LogP contribution in [0, 0.1) is 18.3 Å². The second-order valence-electron chi connectivity index (χ2n) is 9.20. The van der Waals surface area contributed by atoms with Gasteiger partial charge in [-0.3, -0.25) is 19.1 Å². The molecule has 0 atom stereocenters. The summed E-state index contributed by atoms with van der Waals surface area (Å²) >= 11 is 0. The van der Waals surface area contributed by atoms with Gasteiger partial charge in [0.2, 0.25) is 15.8 Å². The first-order valence-corrected chi connectivity index (χ1v) is 13.6. The van der Waals surface area contributed by atoms with Gasteiger partial charge in [0, 0.05) is 24.2 Å². The Morgan fingerprint density at radius 2 is 1.84 bits per heavy atom. The number of rotatable bonds is 11. The molecule has 3 aromatic rings. The first-order chi connectivity index (χ1) is 18.0. The Hall–Kier alpha value is -4.01. The first kappa shape index (κ1) is 28.6. The van der Waals surface area contributed by atoms with Gasteiger partial charge in [-0.25, -0.2) is 17.9 Å². The van der Waals surface area contributed by atoms with Crippen LogP contribution in [0.4, 0.5) is 0 Å². The third-order valence-electron chi connectivity index (χ3n) is 5.95. The summed E-state index contributed by atoms with van der Waals surface area (Å²) in [6.07, 6.45) is 0.0129. The number of nitrogens with one attached hydrogen (secondary N) is 2. The molecular weight excluding hydrogens is 508 g/mol. The minimum absolute atomic E-state index is 0.0129. The zero-order valence-electron chi connectivity index (χ0n) is 21.7. The van der Waals surface area contributed by atoms with Gasteiger partial charge in [-0.2, -0.15) is 5.26 Å². The summed E-state index contributed by atoms with van der Waals surface area (Å²) in [7, 11) is -2.16. The van der Waals surface area contributed by atoms with Crippen LogP contribution in [-0.4, -0.2) is 36.6 Å². The standard InChI is InChI=1S/C27H30N4O6S/c1-17(2)23-24(25(32)21-13-18(3)12-20(14-21)15-28)31(27(34)30-26(23)33)10-5-11-38(35,36)29-16-19-6-8-22(37-4)9-7-19/h6-9,12-14,17,29H,5,10-11,16H2,1-4H3,(H,30,33,34). The SMILES string of the molecule is COc1ccc(CNS(=O)(=O)CCCn2c(C(=O)c3cc(C)cc(C#N)c3)c(C(C)C)c(=O)[nH]c2=O)cc1. The number of carbonyl (C=O) groups is 1. The maximum Gasteiger partial charge on any atom is 0.328 e. The van der Waals surface area contributed by atoms with Gasteiger partial charge in [-0.15, -0.1) is 0 Å². The molecular formula is C27H30N4O6S. The fourth-order valence-corrected chi connectivity index (χ4v) is 5.16. The maximum absolute atomic E-state index is 13.6. The zero-order chi connectivity index (χ0) is 28.0. The van der Waals surface area contributed by atoms with Crippen molar-refractivity contribution in [1.29, 1.82) is 5.26 Å². The quantitative estimate of drug-likeness (QED) is 0.356. The number of benzene rings is 2. The topological polar surface area (TPSA) is 151 Å². The average Bonchev–Trinajstić information content (AvgIpc) is 2.87. The monoisotopic (exact) mass is 538 g/mol. The Morgan fingerprint density at radius 1 is 1.16 bits per heavy atom. The lowest BCUT2D eigenvalue weighted by atomic mass is 9.95. The van der Waals surface area contributed by atoms with Crippen molar-refractivity contribution >= 4 is 15.8 Å². The number of aryl methyl sites for hydroxylation is 1. The van der Waals surface area contributed by atoms with Gasteiger partial charge in [0.1, 0.15) is 11.4 Å². The van der Waals surface area contributed by atoms with Gasteiger partial charge in [0.05, 0.1) is 24.5 Å². The summed E-state index contributed by atoms with van der Waals surface area (Å²) in [5.41, 5.74) is 0.387. The smallest absolute Gasteiger partial charge is 0.328 e. The van der Waals surface area contributed by atoms with E-state index in [4.69, 9.17) is 4.74 Å². The zero-order valence-corrected chi connectivity index (χ0v) is 22.5. The molecule has 0 aliphatic heterocycles. The van der Waals surface area contributed by atoms with Crippen LogP contribution in [0.3, 0.4) is 0 Å². The van der Waals surface area contributed by atoms with Crippen molar-refractivity contribution in [2.45, 2.75) is 46.2 Å². The van der Waals surface area contributed by atoms with Crippen LogP contribution in [-0.2, 0) is 23.1 Å². The molecule has 1 aromatic heterocycles. The van der Waals surface area contributed by atoms with E-state index in [2.05, 4.69) is 9.71 Å². The van der Waals surface area contributed by atoms with Gasteiger partial charge in [-0.05, 0) is 60.7 Å². The van der Waals surface area contributed by atoms with Crippen molar-refractivity contribution in [3.05, 3.63) is 96.8 Å². The normalized spacial score (nSPS) is 11.4. The molecule has 2 aromatic carbocycles. The predicted octanol–water partition coefficient (Wildman–Crippen LogP) is 2.59. The maximum atomic E-state index is 13.6. The van der Waals surface area contributed by atoms with Gasteiger partial charge >= 0.3 is 5.69 Å². The van der Waals surface area contributed by atoms with E-state index in [1.54, 1.807) is 64.3 Å². The number of aromatic nitrogens is 2. The largest absolute Gasteiger partial charge is 0.497 e. The Bertz CT molecular complexity index is 1600. The molecule has 0 saturated carbocycles. The molecule has 3 rings (SSSR count). The number of nitrogens with zero attached hydrogens (tertiary/aromatic N) is 2. The summed E-state index contributed by atoms with van der Waals surface area (Å²) in [5, 5.41) is 9.32. The number of methoxy groups -OCH3 is 1. The number of aromatic amines is 1.